The molecule has 0 spiro atoms. The minimum atomic E-state index is 0. The second kappa shape index (κ2) is 15.4. The average Bonchev–Trinajstić information content (AvgIpc) is 2.79. The van der Waals surface area contributed by atoms with Crippen molar-refractivity contribution in [3.8, 4) is 0 Å². The van der Waals surface area contributed by atoms with E-state index in [2.05, 4.69) is 18.2 Å². The summed E-state index contributed by atoms with van der Waals surface area (Å²) in [7, 11) is 0. The molecule has 0 aliphatic heterocycles. The first kappa shape index (κ1) is 21.6. The molecular formula is C12H14Cl2OZr. The normalized spacial score (nSPS) is 13.9. The summed E-state index contributed by atoms with van der Waals surface area (Å²) in [4.78, 5) is 0. The molecule has 0 saturated carbocycles. The summed E-state index contributed by atoms with van der Waals surface area (Å²) >= 11 is 0. The van der Waals surface area contributed by atoms with E-state index in [1.807, 2.05) is 24.3 Å². The van der Waals surface area contributed by atoms with Gasteiger partial charge in [0.15, 0.2) is 0 Å². The van der Waals surface area contributed by atoms with Crippen molar-refractivity contribution in [3.63, 3.8) is 0 Å². The molecule has 1 N–H and O–H groups in total. The van der Waals surface area contributed by atoms with Crippen LogP contribution >= 0.6 is 0 Å². The Morgan fingerprint density at radius 3 is 2.25 bits per heavy atom. The Bertz CT molecular complexity index is 248. The van der Waals surface area contributed by atoms with Gasteiger partial charge in [-0.1, -0.05) is 0 Å². The summed E-state index contributed by atoms with van der Waals surface area (Å²) in [6, 6.07) is 0. The molecule has 16 heavy (non-hydrogen) atoms. The zero-order valence-corrected chi connectivity index (χ0v) is 12.9. The summed E-state index contributed by atoms with van der Waals surface area (Å²) in [5.74, 6) is 0. The molecule has 0 unspecified atom stereocenters. The molecule has 0 atom stereocenters. The topological polar surface area (TPSA) is 20.2 Å². The molecule has 0 aromatic carbocycles. The molecule has 0 saturated heterocycles. The molecule has 0 bridgehead atoms. The van der Waals surface area contributed by atoms with Crippen LogP contribution in [-0.4, -0.2) is 11.7 Å². The van der Waals surface area contributed by atoms with E-state index in [0.29, 0.717) is 0 Å². The quantitative estimate of drug-likeness (QED) is 0.516. The van der Waals surface area contributed by atoms with Crippen LogP contribution in [0.25, 0.3) is 0 Å². The molecule has 86 valence electrons. The number of halogens is 2. The zero-order chi connectivity index (χ0) is 9.36. The smallest absolute Gasteiger partial charge is 1.00 e. The molecule has 2 aliphatic rings. The van der Waals surface area contributed by atoms with Crippen LogP contribution < -0.4 is 24.8 Å². The first-order valence-corrected chi connectivity index (χ1v) is 4.52. The minimum Gasteiger partial charge on any atom is -1.00 e. The SMILES string of the molecule is OCCC1=[C-]CC=C1.[C-]1=CC=CC1.[Cl-].[Cl-].[Zr+4]. The van der Waals surface area contributed by atoms with Crippen LogP contribution in [0.1, 0.15) is 19.3 Å². The average molecular weight is 336 g/mol. The van der Waals surface area contributed by atoms with Gasteiger partial charge in [-0.25, -0.2) is 23.8 Å². The van der Waals surface area contributed by atoms with Gasteiger partial charge in [0.2, 0.25) is 0 Å². The third-order valence-corrected chi connectivity index (χ3v) is 1.73. The van der Waals surface area contributed by atoms with Crippen LogP contribution in [0.2, 0.25) is 0 Å². The fourth-order valence-electron chi connectivity index (χ4n) is 1.08. The van der Waals surface area contributed by atoms with Crippen LogP contribution in [0.5, 0.6) is 0 Å². The van der Waals surface area contributed by atoms with Crippen molar-refractivity contribution in [2.45, 2.75) is 19.3 Å². The van der Waals surface area contributed by atoms with Gasteiger partial charge in [0.05, 0.1) is 0 Å². The maximum Gasteiger partial charge on any atom is 4.00 e. The van der Waals surface area contributed by atoms with Crippen molar-refractivity contribution in [2.24, 2.45) is 0 Å². The van der Waals surface area contributed by atoms with Gasteiger partial charge < -0.3 is 29.9 Å². The van der Waals surface area contributed by atoms with E-state index in [0.717, 1.165) is 24.8 Å². The summed E-state index contributed by atoms with van der Waals surface area (Å²) in [6.07, 6.45) is 18.8. The number of aliphatic hydroxyl groups excluding tert-OH is 1. The molecule has 0 radical (unpaired) electrons. The van der Waals surface area contributed by atoms with Crippen molar-refractivity contribution in [2.75, 3.05) is 6.61 Å². The van der Waals surface area contributed by atoms with Gasteiger partial charge in [-0.3, -0.25) is 12.2 Å². The van der Waals surface area contributed by atoms with Gasteiger partial charge in [0.25, 0.3) is 0 Å². The maximum atomic E-state index is 8.43. The van der Waals surface area contributed by atoms with E-state index in [1.165, 1.54) is 0 Å². The van der Waals surface area contributed by atoms with Crippen molar-refractivity contribution < 1.29 is 56.1 Å². The summed E-state index contributed by atoms with van der Waals surface area (Å²) in [6.45, 7) is 0.243. The first-order valence-electron chi connectivity index (χ1n) is 4.52. The van der Waals surface area contributed by atoms with E-state index >= 15 is 0 Å². The molecule has 0 aromatic heterocycles. The molecule has 1 nitrogen and oxygen atoms in total. The summed E-state index contributed by atoms with van der Waals surface area (Å²) < 4.78 is 0. The van der Waals surface area contributed by atoms with Crippen molar-refractivity contribution in [1.29, 1.82) is 0 Å². The minimum absolute atomic E-state index is 0. The molecule has 0 fully saturated rings. The number of hydrogen-bond donors (Lipinski definition) is 1. The largest absolute Gasteiger partial charge is 4.00 e. The van der Waals surface area contributed by atoms with Gasteiger partial charge in [0.1, 0.15) is 0 Å². The standard InChI is InChI=1S/C7H9O.C5H5.2ClH.Zr/c8-6-5-7-3-1-2-4-7;1-2-4-5-3-1;;;/h1,3,8H,2,5-6H2;1-3H,4H2;2*1H;/q2*-1;;;+4/p-2. The van der Waals surface area contributed by atoms with Gasteiger partial charge in [-0.05, 0) is 6.42 Å². The molecule has 2 aliphatic carbocycles. The molecule has 2 rings (SSSR count). The summed E-state index contributed by atoms with van der Waals surface area (Å²) in [5, 5.41) is 8.43. The number of allylic oxidation sites excluding steroid dienone is 7. The van der Waals surface area contributed by atoms with Crippen molar-refractivity contribution >= 4 is 0 Å². The van der Waals surface area contributed by atoms with Gasteiger partial charge in [-0.15, -0.1) is 12.8 Å². The van der Waals surface area contributed by atoms with E-state index < -0.39 is 0 Å². The predicted molar refractivity (Wildman–Crippen MR) is 53.8 cm³/mol. The van der Waals surface area contributed by atoms with Crippen LogP contribution in [0.4, 0.5) is 0 Å². The molecule has 0 heterocycles. The third kappa shape index (κ3) is 10.9. The monoisotopic (exact) mass is 334 g/mol. The number of hydrogen-bond acceptors (Lipinski definition) is 1. The number of aliphatic hydroxyl groups is 1. The molecule has 0 amide bonds. The summed E-state index contributed by atoms with van der Waals surface area (Å²) in [5.41, 5.74) is 1.15. The van der Waals surface area contributed by atoms with E-state index in [-0.39, 0.29) is 57.6 Å². The molecule has 0 aromatic rings. The van der Waals surface area contributed by atoms with Crippen LogP contribution in [-0.2, 0) is 26.2 Å². The Kier molecular flexibility index (Phi) is 20.8. The van der Waals surface area contributed by atoms with Crippen LogP contribution in [0.15, 0.2) is 36.0 Å². The Balaban J connectivity index is -0.000000189. The Labute approximate surface area is 129 Å². The Hall–Kier alpha value is 0.383. The second-order valence-corrected chi connectivity index (χ2v) is 2.79. The third-order valence-electron chi connectivity index (χ3n) is 1.73. The molecular weight excluding hydrogens is 322 g/mol. The Morgan fingerprint density at radius 1 is 1.19 bits per heavy atom. The van der Waals surface area contributed by atoms with Crippen molar-refractivity contribution in [3.05, 3.63) is 48.1 Å². The van der Waals surface area contributed by atoms with E-state index in [9.17, 15) is 0 Å². The van der Waals surface area contributed by atoms with Gasteiger partial charge in [0, 0.05) is 6.61 Å². The fourth-order valence-corrected chi connectivity index (χ4v) is 1.08. The first-order chi connectivity index (χ1) is 6.43. The van der Waals surface area contributed by atoms with Crippen LogP contribution in [0, 0.1) is 12.2 Å². The zero-order valence-electron chi connectivity index (χ0n) is 8.92. The van der Waals surface area contributed by atoms with E-state index in [1.54, 1.807) is 0 Å². The van der Waals surface area contributed by atoms with Crippen LogP contribution in [0.3, 0.4) is 0 Å². The van der Waals surface area contributed by atoms with E-state index in [4.69, 9.17) is 5.11 Å². The maximum absolute atomic E-state index is 8.43. The predicted octanol–water partition coefficient (Wildman–Crippen LogP) is -3.63. The van der Waals surface area contributed by atoms with Gasteiger partial charge in [-0.2, -0.15) is 12.2 Å². The fraction of sp³-hybridized carbons (Fsp3) is 0.333. The number of rotatable bonds is 2. The Morgan fingerprint density at radius 2 is 1.94 bits per heavy atom. The second-order valence-electron chi connectivity index (χ2n) is 2.79. The van der Waals surface area contributed by atoms with Crippen molar-refractivity contribution in [1.82, 2.24) is 0 Å². The molecule has 4 heteroatoms. The van der Waals surface area contributed by atoms with Gasteiger partial charge >= 0.3 is 26.2 Å².